The van der Waals surface area contributed by atoms with E-state index in [4.69, 9.17) is 22.6 Å². The van der Waals surface area contributed by atoms with Crippen LogP contribution < -0.4 is 10.6 Å². The van der Waals surface area contributed by atoms with Gasteiger partial charge < -0.3 is 10.6 Å². The van der Waals surface area contributed by atoms with Crippen LogP contribution in [-0.4, -0.2) is 44.3 Å². The molecule has 0 aromatic carbocycles. The first kappa shape index (κ1) is 12.2. The Hall–Kier alpha value is -2.37. The van der Waals surface area contributed by atoms with Gasteiger partial charge in [-0.2, -0.15) is 41.3 Å². The standard InChI is InChI=1S/C14H13ClF6N6/c1-6(13(16,17)18)22-11-25-10(8-4-3-5-9(15)24-8)26-12(27-11)23-7(2)14(19,20)21/h3-7H,1-2H3,(H2,22,23,25,26,27)/i1D3,2D3,3D,6D. The van der Waals surface area contributed by atoms with Crippen LogP contribution in [0.5, 0.6) is 0 Å². The molecule has 2 N–H and O–H groups in total. The van der Waals surface area contributed by atoms with E-state index < -0.39 is 61.5 Å². The SMILES string of the molecule is [2H]c1cc(Cl)nc(-c2nc(NC(C([2H])([2H])[2H])C(F)(F)F)nc(NC([2H])(C([2H])([2H])[2H])C(F)(F)F)n2)c1. The molecule has 2 unspecified atom stereocenters. The van der Waals surface area contributed by atoms with Gasteiger partial charge in [-0.3, -0.25) is 0 Å². The summed E-state index contributed by atoms with van der Waals surface area (Å²) in [7, 11) is 0. The molecule has 0 aliphatic carbocycles. The van der Waals surface area contributed by atoms with E-state index in [-0.39, 0.29) is 11.2 Å². The van der Waals surface area contributed by atoms with E-state index in [2.05, 4.69) is 19.9 Å². The van der Waals surface area contributed by atoms with Crippen molar-refractivity contribution in [2.24, 2.45) is 0 Å². The van der Waals surface area contributed by atoms with Crippen LogP contribution >= 0.6 is 11.6 Å². The Morgan fingerprint density at radius 3 is 2.19 bits per heavy atom. The van der Waals surface area contributed by atoms with Gasteiger partial charge in [0.2, 0.25) is 11.9 Å². The molecular formula is C14H13ClF6N6. The van der Waals surface area contributed by atoms with E-state index in [1.807, 2.05) is 0 Å². The zero-order chi connectivity index (χ0) is 27.2. The number of pyridine rings is 1. The summed E-state index contributed by atoms with van der Waals surface area (Å²) in [4.78, 5) is 13.8. The lowest BCUT2D eigenvalue weighted by molar-refractivity contribution is -0.139. The normalized spacial score (nSPS) is 21.0. The van der Waals surface area contributed by atoms with Crippen LogP contribution in [0.1, 0.15) is 24.7 Å². The first-order valence-corrected chi connectivity index (χ1v) is 7.01. The number of nitrogens with zero attached hydrogens (tertiary/aromatic N) is 4. The van der Waals surface area contributed by atoms with Crippen molar-refractivity contribution in [3.63, 3.8) is 0 Å². The number of alkyl halides is 6. The summed E-state index contributed by atoms with van der Waals surface area (Å²) in [6.45, 7) is -7.81. The minimum absolute atomic E-state index is 0.326. The molecule has 27 heavy (non-hydrogen) atoms. The van der Waals surface area contributed by atoms with Crippen LogP contribution in [0.4, 0.5) is 38.2 Å². The Labute approximate surface area is 165 Å². The number of aromatic nitrogens is 4. The lowest BCUT2D eigenvalue weighted by atomic mass is 10.3. The van der Waals surface area contributed by atoms with Crippen LogP contribution in [0.3, 0.4) is 0 Å². The van der Waals surface area contributed by atoms with Crippen molar-refractivity contribution < 1.29 is 37.3 Å². The van der Waals surface area contributed by atoms with E-state index in [1.54, 1.807) is 0 Å². The smallest absolute Gasteiger partial charge is 0.343 e. The van der Waals surface area contributed by atoms with E-state index in [1.165, 1.54) is 10.6 Å². The van der Waals surface area contributed by atoms with Crippen molar-refractivity contribution >= 4 is 23.5 Å². The van der Waals surface area contributed by atoms with Gasteiger partial charge in [-0.15, -0.1) is 0 Å². The highest BCUT2D eigenvalue weighted by Gasteiger charge is 2.38. The Morgan fingerprint density at radius 1 is 1.00 bits per heavy atom. The maximum absolute atomic E-state index is 13.5. The van der Waals surface area contributed by atoms with Crippen LogP contribution in [0, 0.1) is 0 Å². The van der Waals surface area contributed by atoms with Gasteiger partial charge in [0, 0.05) is 8.22 Å². The Morgan fingerprint density at radius 2 is 1.67 bits per heavy atom. The zero-order valence-electron chi connectivity index (χ0n) is 20.7. The van der Waals surface area contributed by atoms with Gasteiger partial charge >= 0.3 is 12.4 Å². The molecule has 0 radical (unpaired) electrons. The summed E-state index contributed by atoms with van der Waals surface area (Å²) in [6.07, 6.45) is -11.2. The van der Waals surface area contributed by atoms with Crippen molar-refractivity contribution in [2.45, 2.75) is 38.1 Å². The third-order valence-corrected chi connectivity index (χ3v) is 2.83. The van der Waals surface area contributed by atoms with Crippen molar-refractivity contribution in [3.8, 4) is 11.5 Å². The molecule has 0 aliphatic rings. The molecule has 2 aromatic heterocycles. The molecule has 0 saturated heterocycles. The molecule has 2 aromatic rings. The summed E-state index contributed by atoms with van der Waals surface area (Å²) in [5, 5.41) is 2.29. The van der Waals surface area contributed by atoms with Gasteiger partial charge in [-0.25, -0.2) is 4.98 Å². The van der Waals surface area contributed by atoms with Crippen LogP contribution in [0.25, 0.3) is 11.5 Å². The van der Waals surface area contributed by atoms with Gasteiger partial charge in [0.15, 0.2) is 5.82 Å². The molecular weight excluding hydrogens is 402 g/mol. The average Bonchev–Trinajstić information content (AvgIpc) is 2.61. The van der Waals surface area contributed by atoms with Crippen LogP contribution in [0.2, 0.25) is 5.15 Å². The molecule has 0 saturated carbocycles. The third-order valence-electron chi connectivity index (χ3n) is 2.64. The fraction of sp³-hybridized carbons (Fsp3) is 0.429. The topological polar surface area (TPSA) is 75.6 Å². The number of hydrogen-bond donors (Lipinski definition) is 2. The molecule has 13 heteroatoms. The predicted molar refractivity (Wildman–Crippen MR) is 86.3 cm³/mol. The van der Waals surface area contributed by atoms with Gasteiger partial charge in [-0.05, 0) is 25.8 Å². The van der Waals surface area contributed by atoms with Crippen LogP contribution in [0.15, 0.2) is 18.2 Å². The van der Waals surface area contributed by atoms with E-state index in [0.29, 0.717) is 0 Å². The highest BCUT2D eigenvalue weighted by molar-refractivity contribution is 6.29. The number of halogens is 7. The van der Waals surface area contributed by atoms with Gasteiger partial charge in [-0.1, -0.05) is 17.6 Å². The summed E-state index contributed by atoms with van der Waals surface area (Å²) in [5.74, 6) is -3.43. The molecule has 2 rings (SSSR count). The molecule has 2 atom stereocenters. The van der Waals surface area contributed by atoms with Crippen LogP contribution in [-0.2, 0) is 0 Å². The van der Waals surface area contributed by atoms with E-state index in [9.17, 15) is 26.3 Å². The summed E-state index contributed by atoms with van der Waals surface area (Å²) >= 11 is 5.70. The molecule has 0 spiro atoms. The van der Waals surface area contributed by atoms with Gasteiger partial charge in [0.1, 0.15) is 22.9 Å². The first-order valence-electron chi connectivity index (χ1n) is 10.6. The summed E-state index contributed by atoms with van der Waals surface area (Å²) in [6, 6.07) is -6.14. The fourth-order valence-corrected chi connectivity index (χ4v) is 1.64. The fourth-order valence-electron chi connectivity index (χ4n) is 1.49. The highest BCUT2D eigenvalue weighted by Crippen LogP contribution is 2.26. The second kappa shape index (κ2) is 7.71. The maximum Gasteiger partial charge on any atom is 0.408 e. The second-order valence-electron chi connectivity index (χ2n) is 4.70. The Kier molecular flexibility index (Phi) is 3.47. The molecule has 0 aliphatic heterocycles. The first-order chi connectivity index (χ1) is 15.5. The maximum atomic E-state index is 13.5. The number of nitrogens with one attached hydrogen (secondary N) is 2. The number of hydrogen-bond acceptors (Lipinski definition) is 6. The van der Waals surface area contributed by atoms with Crippen molar-refractivity contribution in [2.75, 3.05) is 10.6 Å². The van der Waals surface area contributed by atoms with Gasteiger partial charge in [0.25, 0.3) is 0 Å². The number of anilines is 2. The molecule has 0 fully saturated rings. The van der Waals surface area contributed by atoms with Gasteiger partial charge in [0.05, 0.1) is 2.74 Å². The van der Waals surface area contributed by atoms with Crippen molar-refractivity contribution in [3.05, 3.63) is 23.3 Å². The molecule has 6 nitrogen and oxygen atoms in total. The predicted octanol–water partition coefficient (Wildman–Crippen LogP) is 4.31. The Balaban J connectivity index is 2.73. The summed E-state index contributed by atoms with van der Waals surface area (Å²) in [5.41, 5.74) is -0.468. The molecule has 148 valence electrons. The molecule has 2 heterocycles. The second-order valence-corrected chi connectivity index (χ2v) is 5.09. The zero-order valence-corrected chi connectivity index (χ0v) is 13.4. The molecule has 0 amide bonds. The quantitative estimate of drug-likeness (QED) is 0.552. The molecule has 0 bridgehead atoms. The minimum Gasteiger partial charge on any atom is -0.343 e. The largest absolute Gasteiger partial charge is 0.408 e. The van der Waals surface area contributed by atoms with Crippen molar-refractivity contribution in [1.82, 2.24) is 19.9 Å². The van der Waals surface area contributed by atoms with E-state index >= 15 is 0 Å². The minimum atomic E-state index is -5.77. The summed E-state index contributed by atoms with van der Waals surface area (Å²) < 4.78 is 138. The third kappa shape index (κ3) is 5.81. The highest BCUT2D eigenvalue weighted by atomic mass is 35.5. The lowest BCUT2D eigenvalue weighted by Gasteiger charge is -2.20. The number of rotatable bonds is 5. The lowest BCUT2D eigenvalue weighted by Crippen LogP contribution is -2.35. The monoisotopic (exact) mass is 422 g/mol. The Bertz CT molecular complexity index is 1030. The van der Waals surface area contributed by atoms with Crippen molar-refractivity contribution in [1.29, 1.82) is 0 Å². The van der Waals surface area contributed by atoms with E-state index in [0.717, 1.165) is 12.1 Å². The average molecular weight is 423 g/mol.